The molecule has 0 spiro atoms. The van der Waals surface area contributed by atoms with Crippen LogP contribution >= 0.6 is 0 Å². The number of rotatable bonds is 11. The fourth-order valence-corrected chi connectivity index (χ4v) is 6.47. The van der Waals surface area contributed by atoms with E-state index in [9.17, 15) is 31.8 Å². The molecule has 9 nitrogen and oxygen atoms in total. The molecular weight excluding hydrogens is 540 g/mol. The molecule has 0 saturated heterocycles. The van der Waals surface area contributed by atoms with Gasteiger partial charge in [-0.25, -0.2) is 21.6 Å². The molecular formula is C28H32N2O7S2. The van der Waals surface area contributed by atoms with Gasteiger partial charge in [0.2, 0.25) is 15.9 Å². The van der Waals surface area contributed by atoms with E-state index in [0.717, 1.165) is 22.9 Å². The number of carbonyl (C=O) groups excluding carboxylic acids is 1. The summed E-state index contributed by atoms with van der Waals surface area (Å²) in [7, 11) is -7.51. The normalized spacial score (nSPS) is 18.7. The highest BCUT2D eigenvalue weighted by Gasteiger charge is 2.34. The van der Waals surface area contributed by atoms with Gasteiger partial charge < -0.3 is 15.5 Å². The van der Waals surface area contributed by atoms with E-state index in [1.54, 1.807) is 0 Å². The Bertz CT molecular complexity index is 1510. The molecule has 0 radical (unpaired) electrons. The van der Waals surface area contributed by atoms with E-state index >= 15 is 0 Å². The lowest BCUT2D eigenvalue weighted by molar-refractivity contribution is -0.127. The topological polar surface area (TPSA) is 150 Å². The zero-order valence-corrected chi connectivity index (χ0v) is 23.0. The summed E-state index contributed by atoms with van der Waals surface area (Å²) >= 11 is 0. The van der Waals surface area contributed by atoms with Gasteiger partial charge >= 0.3 is 0 Å². The molecule has 39 heavy (non-hydrogen) atoms. The minimum absolute atomic E-state index is 0.00810. The summed E-state index contributed by atoms with van der Waals surface area (Å²) in [4.78, 5) is 13.3. The molecule has 0 aromatic heterocycles. The largest absolute Gasteiger partial charge is 0.392 e. The van der Waals surface area contributed by atoms with Crippen LogP contribution in [0.2, 0.25) is 0 Å². The predicted octanol–water partition coefficient (Wildman–Crippen LogP) is 1.75. The van der Waals surface area contributed by atoms with Crippen molar-refractivity contribution < 1.29 is 31.8 Å². The highest BCUT2D eigenvalue weighted by atomic mass is 32.2. The second-order valence-electron chi connectivity index (χ2n) is 9.83. The van der Waals surface area contributed by atoms with Crippen LogP contribution in [-0.4, -0.2) is 58.0 Å². The number of aliphatic hydroxyl groups excluding tert-OH is 2. The summed E-state index contributed by atoms with van der Waals surface area (Å²) in [6, 6.07) is 21.0. The van der Waals surface area contributed by atoms with Crippen molar-refractivity contribution in [2.24, 2.45) is 5.92 Å². The number of nitrogens with one attached hydrogen (secondary N) is 2. The Labute approximate surface area is 228 Å². The van der Waals surface area contributed by atoms with E-state index in [1.807, 2.05) is 54.6 Å². The van der Waals surface area contributed by atoms with Gasteiger partial charge in [0.1, 0.15) is 0 Å². The first kappa shape index (κ1) is 28.9. The van der Waals surface area contributed by atoms with Crippen molar-refractivity contribution in [3.63, 3.8) is 0 Å². The molecule has 0 heterocycles. The molecule has 0 fully saturated rings. The summed E-state index contributed by atoms with van der Waals surface area (Å²) in [5, 5.41) is 24.3. The molecule has 0 unspecified atom stereocenters. The second kappa shape index (κ2) is 12.0. The third-order valence-corrected chi connectivity index (χ3v) is 9.39. The third kappa shape index (κ3) is 7.31. The Morgan fingerprint density at radius 1 is 0.923 bits per heavy atom. The molecule has 3 aromatic carbocycles. The lowest BCUT2D eigenvalue weighted by Crippen LogP contribution is -2.41. The van der Waals surface area contributed by atoms with Crippen LogP contribution in [0, 0.1) is 5.92 Å². The number of aliphatic hydroxyl groups is 2. The van der Waals surface area contributed by atoms with Crippen molar-refractivity contribution >= 4 is 25.8 Å². The highest BCUT2D eigenvalue weighted by molar-refractivity contribution is 7.90. The molecule has 3 aromatic rings. The van der Waals surface area contributed by atoms with Crippen molar-refractivity contribution in [1.82, 2.24) is 10.0 Å². The van der Waals surface area contributed by atoms with Crippen LogP contribution in [0.15, 0.2) is 88.7 Å². The predicted molar refractivity (Wildman–Crippen MR) is 146 cm³/mol. The van der Waals surface area contributed by atoms with Crippen LogP contribution in [0.1, 0.15) is 29.2 Å². The van der Waals surface area contributed by atoms with E-state index in [4.69, 9.17) is 0 Å². The number of sulfonamides is 1. The van der Waals surface area contributed by atoms with Gasteiger partial charge in [-0.3, -0.25) is 4.79 Å². The summed E-state index contributed by atoms with van der Waals surface area (Å²) in [6.45, 7) is -0.344. The number of hydrogen-bond acceptors (Lipinski definition) is 7. The highest BCUT2D eigenvalue weighted by Crippen LogP contribution is 2.32. The fourth-order valence-electron chi connectivity index (χ4n) is 4.77. The third-order valence-electron chi connectivity index (χ3n) is 6.83. The lowest BCUT2D eigenvalue weighted by atomic mass is 9.92. The number of fused-ring (bicyclic) bond motifs is 1. The molecule has 0 saturated carbocycles. The Morgan fingerprint density at radius 3 is 2.21 bits per heavy atom. The second-order valence-corrected chi connectivity index (χ2v) is 13.6. The first-order valence-electron chi connectivity index (χ1n) is 12.5. The Kier molecular flexibility index (Phi) is 8.87. The quantitative estimate of drug-likeness (QED) is 0.273. The minimum atomic E-state index is -4.03. The van der Waals surface area contributed by atoms with E-state index in [-0.39, 0.29) is 28.7 Å². The average Bonchev–Trinajstić information content (AvgIpc) is 3.22. The molecule has 4 rings (SSSR count). The van der Waals surface area contributed by atoms with Crippen molar-refractivity contribution in [1.29, 1.82) is 0 Å². The molecule has 11 heteroatoms. The fraction of sp³-hybridized carbons (Fsp3) is 0.321. The van der Waals surface area contributed by atoms with Gasteiger partial charge in [0, 0.05) is 25.1 Å². The summed E-state index contributed by atoms with van der Waals surface area (Å²) in [6.07, 6.45) is -0.210. The molecule has 1 aliphatic rings. The van der Waals surface area contributed by atoms with Crippen LogP contribution in [0.25, 0.3) is 0 Å². The van der Waals surface area contributed by atoms with Gasteiger partial charge in [-0.05, 0) is 53.8 Å². The zero-order chi connectivity index (χ0) is 28.2. The summed E-state index contributed by atoms with van der Waals surface area (Å²) in [5.74, 6) is -1.04. The van der Waals surface area contributed by atoms with E-state index in [1.165, 1.54) is 24.3 Å². The van der Waals surface area contributed by atoms with Gasteiger partial charge in [0.05, 0.1) is 28.0 Å². The van der Waals surface area contributed by atoms with Crippen LogP contribution in [0.4, 0.5) is 0 Å². The Hall–Kier alpha value is -3.09. The van der Waals surface area contributed by atoms with Gasteiger partial charge in [-0.2, -0.15) is 0 Å². The van der Waals surface area contributed by atoms with Gasteiger partial charge in [-0.1, -0.05) is 54.6 Å². The number of carbonyl (C=O) groups is 1. The average molecular weight is 573 g/mol. The first-order chi connectivity index (χ1) is 18.4. The minimum Gasteiger partial charge on any atom is -0.392 e. The van der Waals surface area contributed by atoms with Crippen LogP contribution < -0.4 is 10.0 Å². The van der Waals surface area contributed by atoms with Crippen LogP contribution in [0.5, 0.6) is 0 Å². The van der Waals surface area contributed by atoms with Gasteiger partial charge in [0.25, 0.3) is 0 Å². The maximum Gasteiger partial charge on any atom is 0.240 e. The lowest BCUT2D eigenvalue weighted by Gasteiger charge is -2.24. The molecule has 4 atom stereocenters. The summed E-state index contributed by atoms with van der Waals surface area (Å²) in [5.41, 5.74) is 2.70. The maximum absolute atomic E-state index is 13.4. The smallest absolute Gasteiger partial charge is 0.240 e. The van der Waals surface area contributed by atoms with Crippen molar-refractivity contribution in [2.45, 2.75) is 47.3 Å². The monoisotopic (exact) mass is 572 g/mol. The van der Waals surface area contributed by atoms with E-state index in [0.29, 0.717) is 12.8 Å². The van der Waals surface area contributed by atoms with Crippen molar-refractivity contribution in [2.75, 3.05) is 12.8 Å². The maximum atomic E-state index is 13.4. The number of benzene rings is 3. The van der Waals surface area contributed by atoms with Crippen molar-refractivity contribution in [3.05, 3.63) is 95.6 Å². The molecule has 4 N–H and O–H groups in total. The van der Waals surface area contributed by atoms with E-state index in [2.05, 4.69) is 10.0 Å². The van der Waals surface area contributed by atoms with E-state index < -0.39 is 44.0 Å². The molecule has 1 amide bonds. The van der Waals surface area contributed by atoms with Crippen molar-refractivity contribution in [3.8, 4) is 0 Å². The standard InChI is InChI=1S/C28H32N2O7S2/c1-38(34,35)23-11-13-24(14-12-23)39(36,37)29-18-22(31)16-21(15-19-7-3-2-4-8-19)28(33)30-27-25-10-6-5-9-20(25)17-26(27)32/h2-14,21-22,26-27,29,31-32H,15-18H2,1H3,(H,30,33)/t21-,22+,26-,27+/m1/s1. The molecule has 0 bridgehead atoms. The number of sulfone groups is 1. The zero-order valence-electron chi connectivity index (χ0n) is 21.4. The van der Waals surface area contributed by atoms with Crippen LogP contribution in [0.3, 0.4) is 0 Å². The Balaban J connectivity index is 1.44. The van der Waals surface area contributed by atoms with Gasteiger partial charge in [-0.15, -0.1) is 0 Å². The Morgan fingerprint density at radius 2 is 1.54 bits per heavy atom. The molecule has 0 aliphatic heterocycles. The number of amides is 1. The SMILES string of the molecule is CS(=O)(=O)c1ccc(S(=O)(=O)NC[C@@H](O)C[C@@H](Cc2ccccc2)C(=O)N[C@H]2c3ccccc3C[C@H]2O)cc1. The molecule has 208 valence electrons. The first-order valence-corrected chi connectivity index (χ1v) is 15.9. The van der Waals surface area contributed by atoms with Crippen LogP contribution in [-0.2, 0) is 37.5 Å². The number of hydrogen-bond donors (Lipinski definition) is 4. The molecule has 1 aliphatic carbocycles. The summed E-state index contributed by atoms with van der Waals surface area (Å²) < 4.78 is 51.0. The van der Waals surface area contributed by atoms with Gasteiger partial charge in [0.15, 0.2) is 9.84 Å².